The standard InChI is InChI=1S/C16H24N2OS.ClH/c1-10-5-6-12-13(9-20-15(12)8-10)16(19)18-14-4-3-7-17-11(14)2;/h9-11,14,17H,3-8H2,1-2H3,(H,18,19);1H. The van der Waals surface area contributed by atoms with Crippen LogP contribution in [0.1, 0.15) is 53.9 Å². The molecule has 3 unspecified atom stereocenters. The van der Waals surface area contributed by atoms with Gasteiger partial charge in [0.2, 0.25) is 0 Å². The summed E-state index contributed by atoms with van der Waals surface area (Å²) in [5.41, 5.74) is 2.26. The van der Waals surface area contributed by atoms with Crippen LogP contribution in [-0.2, 0) is 12.8 Å². The molecule has 2 heterocycles. The fourth-order valence-corrected chi connectivity index (χ4v) is 4.60. The molecule has 118 valence electrons. The third-order valence-electron chi connectivity index (χ3n) is 4.72. The lowest BCUT2D eigenvalue weighted by Gasteiger charge is -2.30. The number of fused-ring (bicyclic) bond motifs is 1. The first kappa shape index (κ1) is 16.8. The van der Waals surface area contributed by atoms with Crippen molar-refractivity contribution in [2.75, 3.05) is 6.54 Å². The van der Waals surface area contributed by atoms with E-state index in [0.29, 0.717) is 6.04 Å². The zero-order valence-corrected chi connectivity index (χ0v) is 14.4. The van der Waals surface area contributed by atoms with Gasteiger partial charge >= 0.3 is 0 Å². The van der Waals surface area contributed by atoms with Crippen molar-refractivity contribution in [2.24, 2.45) is 5.92 Å². The minimum absolute atomic E-state index is 0. The van der Waals surface area contributed by atoms with Crippen molar-refractivity contribution < 1.29 is 4.79 Å². The maximum atomic E-state index is 12.5. The first-order chi connectivity index (χ1) is 9.65. The fraction of sp³-hybridized carbons (Fsp3) is 0.688. The van der Waals surface area contributed by atoms with Gasteiger partial charge in [0.25, 0.3) is 5.91 Å². The van der Waals surface area contributed by atoms with E-state index in [9.17, 15) is 4.79 Å². The van der Waals surface area contributed by atoms with Crippen molar-refractivity contribution in [2.45, 2.75) is 58.0 Å². The Labute approximate surface area is 137 Å². The van der Waals surface area contributed by atoms with Crippen LogP contribution in [0.2, 0.25) is 0 Å². The van der Waals surface area contributed by atoms with E-state index in [0.717, 1.165) is 43.7 Å². The van der Waals surface area contributed by atoms with Gasteiger partial charge in [-0.25, -0.2) is 0 Å². The monoisotopic (exact) mass is 328 g/mol. The molecule has 0 bridgehead atoms. The highest BCUT2D eigenvalue weighted by molar-refractivity contribution is 7.10. The second-order valence-corrected chi connectivity index (χ2v) is 7.33. The average Bonchev–Trinajstić information content (AvgIpc) is 2.84. The van der Waals surface area contributed by atoms with Crippen molar-refractivity contribution in [1.29, 1.82) is 0 Å². The third kappa shape index (κ3) is 3.61. The zero-order chi connectivity index (χ0) is 14.1. The van der Waals surface area contributed by atoms with Crippen molar-refractivity contribution in [3.63, 3.8) is 0 Å². The summed E-state index contributed by atoms with van der Waals surface area (Å²) in [5.74, 6) is 0.900. The first-order valence-corrected chi connectivity index (χ1v) is 8.66. The minimum atomic E-state index is 0. The molecule has 1 aliphatic carbocycles. The molecule has 3 atom stereocenters. The van der Waals surface area contributed by atoms with E-state index in [4.69, 9.17) is 0 Å². The predicted octanol–water partition coefficient (Wildman–Crippen LogP) is 3.17. The van der Waals surface area contributed by atoms with Crippen LogP contribution >= 0.6 is 23.7 Å². The number of halogens is 1. The van der Waals surface area contributed by atoms with E-state index in [1.54, 1.807) is 11.3 Å². The third-order valence-corrected chi connectivity index (χ3v) is 5.78. The highest BCUT2D eigenvalue weighted by Crippen LogP contribution is 2.32. The molecule has 0 spiro atoms. The Morgan fingerprint density at radius 1 is 1.38 bits per heavy atom. The summed E-state index contributed by atoms with van der Waals surface area (Å²) in [4.78, 5) is 14.0. The van der Waals surface area contributed by atoms with Crippen LogP contribution in [0.5, 0.6) is 0 Å². The summed E-state index contributed by atoms with van der Waals surface area (Å²) >= 11 is 1.77. The van der Waals surface area contributed by atoms with Crippen LogP contribution < -0.4 is 10.6 Å². The molecule has 2 N–H and O–H groups in total. The Morgan fingerprint density at radius 3 is 2.95 bits per heavy atom. The topological polar surface area (TPSA) is 41.1 Å². The summed E-state index contributed by atoms with van der Waals surface area (Å²) in [6, 6.07) is 0.650. The van der Waals surface area contributed by atoms with Gasteiger partial charge in [-0.1, -0.05) is 6.92 Å². The molecule has 5 heteroatoms. The molecule has 1 amide bonds. The number of piperidine rings is 1. The molecule has 1 aliphatic heterocycles. The SMILES string of the molecule is CC1CCc2c(C(=O)NC3CCCNC3C)csc2C1.Cl. The summed E-state index contributed by atoms with van der Waals surface area (Å²) in [5, 5.41) is 8.74. The molecule has 3 rings (SSSR count). The molecule has 0 radical (unpaired) electrons. The number of thiophene rings is 1. The normalized spacial score (nSPS) is 28.4. The molecule has 21 heavy (non-hydrogen) atoms. The second kappa shape index (κ2) is 7.12. The maximum Gasteiger partial charge on any atom is 0.252 e. The van der Waals surface area contributed by atoms with Gasteiger partial charge in [-0.05, 0) is 57.1 Å². The molecule has 1 aromatic heterocycles. The first-order valence-electron chi connectivity index (χ1n) is 7.78. The smallest absolute Gasteiger partial charge is 0.252 e. The number of hydrogen-bond acceptors (Lipinski definition) is 3. The van der Waals surface area contributed by atoms with Crippen LogP contribution in [0, 0.1) is 5.92 Å². The van der Waals surface area contributed by atoms with Gasteiger partial charge in [-0.3, -0.25) is 4.79 Å². The lowest BCUT2D eigenvalue weighted by atomic mass is 9.88. The van der Waals surface area contributed by atoms with Crippen molar-refractivity contribution in [1.82, 2.24) is 10.6 Å². The van der Waals surface area contributed by atoms with E-state index in [1.807, 2.05) is 0 Å². The summed E-state index contributed by atoms with van der Waals surface area (Å²) in [6.45, 7) is 5.53. The summed E-state index contributed by atoms with van der Waals surface area (Å²) < 4.78 is 0. The van der Waals surface area contributed by atoms with Crippen LogP contribution in [0.25, 0.3) is 0 Å². The zero-order valence-electron chi connectivity index (χ0n) is 12.8. The summed E-state index contributed by atoms with van der Waals surface area (Å²) in [6.07, 6.45) is 5.67. The molecule has 0 aromatic carbocycles. The molecule has 1 fully saturated rings. The van der Waals surface area contributed by atoms with Crippen LogP contribution in [0.4, 0.5) is 0 Å². The van der Waals surface area contributed by atoms with Gasteiger partial charge < -0.3 is 10.6 Å². The van der Waals surface area contributed by atoms with Gasteiger partial charge in [0, 0.05) is 22.3 Å². The van der Waals surface area contributed by atoms with Gasteiger partial charge in [0.05, 0.1) is 5.56 Å². The molecular formula is C16H25ClN2OS. The van der Waals surface area contributed by atoms with Crippen molar-refractivity contribution >= 4 is 29.7 Å². The highest BCUT2D eigenvalue weighted by Gasteiger charge is 2.27. The number of carbonyl (C=O) groups is 1. The van der Waals surface area contributed by atoms with Gasteiger partial charge in [0.15, 0.2) is 0 Å². The molecule has 2 aliphatic rings. The van der Waals surface area contributed by atoms with Crippen molar-refractivity contribution in [3.8, 4) is 0 Å². The Kier molecular flexibility index (Phi) is 5.69. The van der Waals surface area contributed by atoms with Gasteiger partial charge in [-0.2, -0.15) is 0 Å². The van der Waals surface area contributed by atoms with Crippen molar-refractivity contribution in [3.05, 3.63) is 21.4 Å². The average molecular weight is 329 g/mol. The molecule has 1 saturated heterocycles. The molecule has 1 aromatic rings. The lowest BCUT2D eigenvalue weighted by Crippen LogP contribution is -2.52. The number of amides is 1. The minimum Gasteiger partial charge on any atom is -0.348 e. The van der Waals surface area contributed by atoms with E-state index in [1.165, 1.54) is 16.9 Å². The van der Waals surface area contributed by atoms with Gasteiger partial charge in [0.1, 0.15) is 0 Å². The lowest BCUT2D eigenvalue weighted by molar-refractivity contribution is 0.0919. The Hall–Kier alpha value is -0.580. The molecule has 3 nitrogen and oxygen atoms in total. The van der Waals surface area contributed by atoms with E-state index < -0.39 is 0 Å². The van der Waals surface area contributed by atoms with Gasteiger partial charge in [-0.15, -0.1) is 23.7 Å². The van der Waals surface area contributed by atoms with E-state index in [-0.39, 0.29) is 24.4 Å². The van der Waals surface area contributed by atoms with E-state index >= 15 is 0 Å². The number of hydrogen-bond donors (Lipinski definition) is 2. The highest BCUT2D eigenvalue weighted by atomic mass is 35.5. The second-order valence-electron chi connectivity index (χ2n) is 6.36. The van der Waals surface area contributed by atoms with Crippen LogP contribution in [0.3, 0.4) is 0 Å². The van der Waals surface area contributed by atoms with E-state index in [2.05, 4.69) is 29.9 Å². The predicted molar refractivity (Wildman–Crippen MR) is 90.7 cm³/mol. The fourth-order valence-electron chi connectivity index (χ4n) is 3.36. The summed E-state index contributed by atoms with van der Waals surface area (Å²) in [7, 11) is 0. The molecular weight excluding hydrogens is 304 g/mol. The Balaban J connectivity index is 0.00000161. The van der Waals surface area contributed by atoms with Crippen LogP contribution in [0.15, 0.2) is 5.38 Å². The largest absolute Gasteiger partial charge is 0.348 e. The maximum absolute atomic E-state index is 12.5. The number of carbonyl (C=O) groups excluding carboxylic acids is 1. The number of nitrogens with one attached hydrogen (secondary N) is 2. The van der Waals surface area contributed by atoms with Crippen LogP contribution in [-0.4, -0.2) is 24.5 Å². The quantitative estimate of drug-likeness (QED) is 0.875. The molecule has 0 saturated carbocycles. The Morgan fingerprint density at radius 2 is 2.19 bits per heavy atom. The Bertz CT molecular complexity index is 502. The number of rotatable bonds is 2.